The third kappa shape index (κ3) is 3.19. The Morgan fingerprint density at radius 1 is 0.933 bits per heavy atom. The molecule has 0 heterocycles. The minimum atomic E-state index is -6.62. The fraction of sp³-hybridized carbons (Fsp3) is 1.00. The minimum Gasteiger partial charge on any atom is -0.281 e. The van der Waals surface area contributed by atoms with Crippen molar-refractivity contribution in [2.75, 3.05) is 0 Å². The van der Waals surface area contributed by atoms with Crippen LogP contribution >= 0.6 is 0 Å². The van der Waals surface area contributed by atoms with Crippen LogP contribution in [0.2, 0.25) is 0 Å². The zero-order valence-corrected chi connectivity index (χ0v) is 7.34. The van der Waals surface area contributed by atoms with Gasteiger partial charge in [0.25, 0.3) is 0 Å². The fourth-order valence-electron chi connectivity index (χ4n) is 0.543. The molecule has 0 aliphatic carbocycles. The molecule has 0 aromatic heterocycles. The SMILES string of the molecule is O=S(=O)(O)C(F)(F)C(F)(F)CC(F)(F)F. The van der Waals surface area contributed by atoms with E-state index in [1.807, 2.05) is 0 Å². The van der Waals surface area contributed by atoms with Crippen LogP contribution in [-0.4, -0.2) is 30.3 Å². The number of alkyl halides is 7. The van der Waals surface area contributed by atoms with Crippen molar-refractivity contribution in [2.24, 2.45) is 0 Å². The van der Waals surface area contributed by atoms with E-state index in [9.17, 15) is 39.2 Å². The van der Waals surface area contributed by atoms with E-state index in [2.05, 4.69) is 0 Å². The number of hydrogen-bond acceptors (Lipinski definition) is 2. The van der Waals surface area contributed by atoms with Gasteiger partial charge in [0.2, 0.25) is 0 Å². The van der Waals surface area contributed by atoms with Crippen LogP contribution in [0, 0.1) is 0 Å². The molecule has 0 atom stereocenters. The highest BCUT2D eigenvalue weighted by Crippen LogP contribution is 2.44. The molecule has 1 N–H and O–H groups in total. The summed E-state index contributed by atoms with van der Waals surface area (Å²) in [6, 6.07) is 0. The van der Waals surface area contributed by atoms with Gasteiger partial charge < -0.3 is 0 Å². The Morgan fingerprint density at radius 3 is 1.47 bits per heavy atom. The van der Waals surface area contributed by atoms with Gasteiger partial charge in [0.15, 0.2) is 0 Å². The summed E-state index contributed by atoms with van der Waals surface area (Å²) in [5.74, 6) is -5.93. The second kappa shape index (κ2) is 3.47. The van der Waals surface area contributed by atoms with Gasteiger partial charge in [0.1, 0.15) is 6.42 Å². The molecule has 92 valence electrons. The Morgan fingerprint density at radius 2 is 1.27 bits per heavy atom. The van der Waals surface area contributed by atoms with Gasteiger partial charge in [-0.15, -0.1) is 0 Å². The Bertz CT molecular complexity index is 329. The molecular weight excluding hydrogens is 261 g/mol. The van der Waals surface area contributed by atoms with Crippen LogP contribution in [-0.2, 0) is 10.1 Å². The predicted molar refractivity (Wildman–Crippen MR) is 32.1 cm³/mol. The molecule has 0 fully saturated rings. The summed E-state index contributed by atoms with van der Waals surface area (Å²) in [5, 5.41) is -6.18. The average molecular weight is 264 g/mol. The van der Waals surface area contributed by atoms with E-state index >= 15 is 0 Å². The van der Waals surface area contributed by atoms with Crippen LogP contribution in [0.25, 0.3) is 0 Å². The summed E-state index contributed by atoms with van der Waals surface area (Å²) in [6.45, 7) is 0. The van der Waals surface area contributed by atoms with Gasteiger partial charge in [0, 0.05) is 0 Å². The smallest absolute Gasteiger partial charge is 0.281 e. The molecule has 0 aromatic rings. The largest absolute Gasteiger partial charge is 0.431 e. The summed E-state index contributed by atoms with van der Waals surface area (Å²) >= 11 is 0. The Kier molecular flexibility index (Phi) is 3.34. The molecule has 0 aliphatic rings. The average Bonchev–Trinajstić information content (AvgIpc) is 1.77. The third-order valence-electron chi connectivity index (χ3n) is 1.17. The van der Waals surface area contributed by atoms with Crippen molar-refractivity contribution < 1.29 is 43.7 Å². The molecule has 0 bridgehead atoms. The summed E-state index contributed by atoms with van der Waals surface area (Å²) in [5.41, 5.74) is 0. The first-order chi connectivity index (χ1) is 6.21. The quantitative estimate of drug-likeness (QED) is 0.627. The van der Waals surface area contributed by atoms with E-state index in [0.29, 0.717) is 0 Å². The van der Waals surface area contributed by atoms with Crippen molar-refractivity contribution in [3.05, 3.63) is 0 Å². The lowest BCUT2D eigenvalue weighted by Gasteiger charge is -2.24. The zero-order chi connectivity index (χ0) is 12.7. The summed E-state index contributed by atoms with van der Waals surface area (Å²) in [6.07, 6.45) is -9.05. The molecule has 0 spiro atoms. The molecule has 0 unspecified atom stereocenters. The number of halogens is 7. The lowest BCUT2D eigenvalue weighted by molar-refractivity contribution is -0.236. The molecule has 0 rings (SSSR count). The molecule has 0 radical (unpaired) electrons. The van der Waals surface area contributed by atoms with E-state index in [-0.39, 0.29) is 0 Å². The van der Waals surface area contributed by atoms with E-state index in [1.54, 1.807) is 0 Å². The van der Waals surface area contributed by atoms with Gasteiger partial charge in [0.05, 0.1) is 0 Å². The van der Waals surface area contributed by atoms with Crippen LogP contribution in [0.15, 0.2) is 0 Å². The first-order valence-corrected chi connectivity index (χ1v) is 4.44. The van der Waals surface area contributed by atoms with Crippen LogP contribution < -0.4 is 0 Å². The van der Waals surface area contributed by atoms with Gasteiger partial charge in [-0.2, -0.15) is 39.2 Å². The van der Waals surface area contributed by atoms with E-state index in [4.69, 9.17) is 4.55 Å². The van der Waals surface area contributed by atoms with Crippen molar-refractivity contribution in [3.63, 3.8) is 0 Å². The fourth-order valence-corrected chi connectivity index (χ4v) is 0.993. The summed E-state index contributed by atoms with van der Waals surface area (Å²) < 4.78 is 110. The third-order valence-corrected chi connectivity index (χ3v) is 2.12. The maximum atomic E-state index is 12.2. The molecule has 11 heteroatoms. The Balaban J connectivity index is 5.21. The first kappa shape index (κ1) is 14.4. The highest BCUT2D eigenvalue weighted by Gasteiger charge is 2.68. The van der Waals surface area contributed by atoms with Crippen molar-refractivity contribution in [1.29, 1.82) is 0 Å². The molecule has 15 heavy (non-hydrogen) atoms. The van der Waals surface area contributed by atoms with E-state index in [1.165, 1.54) is 0 Å². The van der Waals surface area contributed by atoms with Crippen molar-refractivity contribution in [3.8, 4) is 0 Å². The molecule has 0 amide bonds. The van der Waals surface area contributed by atoms with Crippen LogP contribution in [0.4, 0.5) is 30.7 Å². The molecule has 0 aromatic carbocycles. The lowest BCUT2D eigenvalue weighted by atomic mass is 10.2. The second-order valence-corrected chi connectivity index (χ2v) is 3.95. The van der Waals surface area contributed by atoms with Gasteiger partial charge in [-0.05, 0) is 0 Å². The predicted octanol–water partition coefficient (Wildman–Crippen LogP) is 2.05. The van der Waals surface area contributed by atoms with Crippen LogP contribution in [0.5, 0.6) is 0 Å². The van der Waals surface area contributed by atoms with Gasteiger partial charge in [-0.3, -0.25) is 4.55 Å². The highest BCUT2D eigenvalue weighted by molar-refractivity contribution is 7.87. The maximum absolute atomic E-state index is 12.2. The minimum absolute atomic E-state index is 3.35. The van der Waals surface area contributed by atoms with Crippen LogP contribution in [0.3, 0.4) is 0 Å². The van der Waals surface area contributed by atoms with Crippen molar-refractivity contribution in [2.45, 2.75) is 23.8 Å². The number of rotatable bonds is 3. The molecule has 0 saturated carbocycles. The summed E-state index contributed by atoms with van der Waals surface area (Å²) in [7, 11) is -6.62. The van der Waals surface area contributed by atoms with Gasteiger partial charge >= 0.3 is 27.5 Å². The Labute approximate surface area is 78.6 Å². The molecular formula is C4H3F7O3S. The highest BCUT2D eigenvalue weighted by atomic mass is 32.2. The van der Waals surface area contributed by atoms with Crippen LogP contribution in [0.1, 0.15) is 6.42 Å². The molecule has 0 saturated heterocycles. The molecule has 0 aliphatic heterocycles. The first-order valence-electron chi connectivity index (χ1n) is 3.00. The van der Waals surface area contributed by atoms with Gasteiger partial charge in [-0.25, -0.2) is 0 Å². The normalized spacial score (nSPS) is 15.5. The second-order valence-electron chi connectivity index (χ2n) is 2.49. The van der Waals surface area contributed by atoms with Crippen molar-refractivity contribution >= 4 is 10.1 Å². The maximum Gasteiger partial charge on any atom is 0.431 e. The van der Waals surface area contributed by atoms with E-state index in [0.717, 1.165) is 0 Å². The lowest BCUT2D eigenvalue weighted by Crippen LogP contribution is -2.49. The standard InChI is InChI=1S/C4H3F7O3S/c5-2(6,1-3(7,8)9)4(10,11)15(12,13)14/h1H2,(H,12,13,14). The topological polar surface area (TPSA) is 54.4 Å². The monoisotopic (exact) mass is 264 g/mol. The number of hydrogen-bond donors (Lipinski definition) is 1. The zero-order valence-electron chi connectivity index (χ0n) is 6.52. The van der Waals surface area contributed by atoms with Crippen molar-refractivity contribution in [1.82, 2.24) is 0 Å². The van der Waals surface area contributed by atoms with Gasteiger partial charge in [-0.1, -0.05) is 0 Å². The Hall–Kier alpha value is -0.580. The molecule has 3 nitrogen and oxygen atoms in total. The summed E-state index contributed by atoms with van der Waals surface area (Å²) in [4.78, 5) is 0. The van der Waals surface area contributed by atoms with E-state index < -0.39 is 33.9 Å².